The predicted molar refractivity (Wildman–Crippen MR) is 68.9 cm³/mol. The van der Waals surface area contributed by atoms with Crippen LogP contribution < -0.4 is 10.6 Å². The second kappa shape index (κ2) is 6.36. The summed E-state index contributed by atoms with van der Waals surface area (Å²) >= 11 is 0. The van der Waals surface area contributed by atoms with Crippen molar-refractivity contribution in [2.75, 3.05) is 26.2 Å². The van der Waals surface area contributed by atoms with E-state index < -0.39 is 0 Å². The van der Waals surface area contributed by atoms with Crippen molar-refractivity contribution in [1.82, 2.24) is 15.5 Å². The summed E-state index contributed by atoms with van der Waals surface area (Å²) in [6.07, 6.45) is 5.98. The van der Waals surface area contributed by atoms with E-state index in [4.69, 9.17) is 0 Å². The maximum absolute atomic E-state index is 11.9. The maximum Gasteiger partial charge on any atom is 0.237 e. The molecule has 1 unspecified atom stereocenters. The number of likely N-dealkylation sites (tertiary alicyclic amines) is 1. The molecule has 4 nitrogen and oxygen atoms in total. The van der Waals surface area contributed by atoms with E-state index in [1.54, 1.807) is 0 Å². The largest absolute Gasteiger partial charge is 0.353 e. The highest BCUT2D eigenvalue weighted by atomic mass is 16.2. The summed E-state index contributed by atoms with van der Waals surface area (Å²) in [6.45, 7) is 6.37. The fourth-order valence-electron chi connectivity index (χ4n) is 2.76. The number of amides is 1. The lowest BCUT2D eigenvalue weighted by Crippen LogP contribution is -2.49. The zero-order valence-corrected chi connectivity index (χ0v) is 10.9. The fourth-order valence-corrected chi connectivity index (χ4v) is 2.76. The number of carbonyl (C=O) groups excluding carboxylic acids is 1. The Balaban J connectivity index is 1.67. The summed E-state index contributed by atoms with van der Waals surface area (Å²) in [7, 11) is 0. The molecule has 0 spiro atoms. The molecule has 0 aliphatic carbocycles. The normalized spacial score (nSPS) is 27.9. The molecule has 0 aromatic carbocycles. The van der Waals surface area contributed by atoms with Gasteiger partial charge in [-0.3, -0.25) is 9.69 Å². The first kappa shape index (κ1) is 12.8. The molecule has 0 radical (unpaired) electrons. The summed E-state index contributed by atoms with van der Waals surface area (Å²) < 4.78 is 0. The van der Waals surface area contributed by atoms with Gasteiger partial charge < -0.3 is 10.6 Å². The molecule has 2 atom stereocenters. The van der Waals surface area contributed by atoms with Gasteiger partial charge >= 0.3 is 0 Å². The first-order chi connectivity index (χ1) is 8.27. The molecule has 2 saturated heterocycles. The summed E-state index contributed by atoms with van der Waals surface area (Å²) in [6, 6.07) is 0.527. The van der Waals surface area contributed by atoms with Crippen LogP contribution in [0.3, 0.4) is 0 Å². The highest BCUT2D eigenvalue weighted by Crippen LogP contribution is 2.11. The number of hydrogen-bond acceptors (Lipinski definition) is 3. The summed E-state index contributed by atoms with van der Waals surface area (Å²) in [5, 5.41) is 6.37. The number of carbonyl (C=O) groups is 1. The van der Waals surface area contributed by atoms with Gasteiger partial charge in [0.15, 0.2) is 0 Å². The van der Waals surface area contributed by atoms with Gasteiger partial charge in [-0.15, -0.1) is 0 Å². The van der Waals surface area contributed by atoms with Gasteiger partial charge in [-0.1, -0.05) is 6.42 Å². The van der Waals surface area contributed by atoms with Crippen LogP contribution in [0.15, 0.2) is 0 Å². The van der Waals surface area contributed by atoms with Crippen LogP contribution >= 0.6 is 0 Å². The Morgan fingerprint density at radius 3 is 2.76 bits per heavy atom. The van der Waals surface area contributed by atoms with E-state index in [9.17, 15) is 4.79 Å². The molecular formula is C13H25N3O. The van der Waals surface area contributed by atoms with Crippen molar-refractivity contribution in [1.29, 1.82) is 0 Å². The van der Waals surface area contributed by atoms with Crippen molar-refractivity contribution in [2.45, 2.75) is 51.1 Å². The van der Waals surface area contributed by atoms with E-state index in [0.717, 1.165) is 19.5 Å². The second-order valence-electron chi connectivity index (χ2n) is 5.34. The molecule has 2 aliphatic heterocycles. The summed E-state index contributed by atoms with van der Waals surface area (Å²) in [5.74, 6) is 0.191. The lowest BCUT2D eigenvalue weighted by atomic mass is 10.0. The smallest absolute Gasteiger partial charge is 0.237 e. The van der Waals surface area contributed by atoms with E-state index in [1.807, 2.05) is 0 Å². The standard InChI is InChI=1S/C13H25N3O/c1-11(16-8-4-5-9-16)10-15-13(17)12-6-2-3-7-14-12/h11-12,14H,2-10H2,1H3,(H,15,17)/t11?,12-/m1/s1. The van der Waals surface area contributed by atoms with E-state index in [1.165, 1.54) is 38.8 Å². The van der Waals surface area contributed by atoms with Gasteiger partial charge in [-0.25, -0.2) is 0 Å². The number of rotatable bonds is 4. The highest BCUT2D eigenvalue weighted by Gasteiger charge is 2.22. The number of nitrogens with zero attached hydrogens (tertiary/aromatic N) is 1. The molecule has 2 fully saturated rings. The molecule has 2 aliphatic rings. The lowest BCUT2D eigenvalue weighted by molar-refractivity contribution is -0.123. The van der Waals surface area contributed by atoms with Crippen molar-refractivity contribution < 1.29 is 4.79 Å². The summed E-state index contributed by atoms with van der Waals surface area (Å²) in [5.41, 5.74) is 0. The van der Waals surface area contributed by atoms with E-state index in [0.29, 0.717) is 6.04 Å². The van der Waals surface area contributed by atoms with Gasteiger partial charge in [0, 0.05) is 12.6 Å². The van der Waals surface area contributed by atoms with E-state index in [2.05, 4.69) is 22.5 Å². The van der Waals surface area contributed by atoms with Gasteiger partial charge in [0.25, 0.3) is 0 Å². The molecular weight excluding hydrogens is 214 g/mol. The molecule has 98 valence electrons. The number of nitrogens with one attached hydrogen (secondary N) is 2. The van der Waals surface area contributed by atoms with Crippen LogP contribution in [0.25, 0.3) is 0 Å². The maximum atomic E-state index is 11.9. The molecule has 17 heavy (non-hydrogen) atoms. The minimum Gasteiger partial charge on any atom is -0.353 e. The zero-order chi connectivity index (χ0) is 12.1. The third-order valence-corrected chi connectivity index (χ3v) is 3.96. The Kier molecular flexibility index (Phi) is 4.80. The quantitative estimate of drug-likeness (QED) is 0.760. The fraction of sp³-hybridized carbons (Fsp3) is 0.923. The van der Waals surface area contributed by atoms with Crippen molar-refractivity contribution in [3.8, 4) is 0 Å². The Morgan fingerprint density at radius 1 is 1.35 bits per heavy atom. The SMILES string of the molecule is CC(CNC(=O)[C@H]1CCCCN1)N1CCCC1. The Morgan fingerprint density at radius 2 is 2.12 bits per heavy atom. The average molecular weight is 239 g/mol. The van der Waals surface area contributed by atoms with Gasteiger partial charge in [-0.05, 0) is 52.2 Å². The van der Waals surface area contributed by atoms with Gasteiger partial charge in [0.1, 0.15) is 0 Å². The number of piperidine rings is 1. The topological polar surface area (TPSA) is 44.4 Å². The van der Waals surface area contributed by atoms with Crippen molar-refractivity contribution in [3.05, 3.63) is 0 Å². The molecule has 2 heterocycles. The summed E-state index contributed by atoms with van der Waals surface area (Å²) in [4.78, 5) is 14.4. The van der Waals surface area contributed by atoms with Crippen LogP contribution in [0.1, 0.15) is 39.0 Å². The van der Waals surface area contributed by atoms with Gasteiger partial charge in [0.05, 0.1) is 6.04 Å². The first-order valence-corrected chi connectivity index (χ1v) is 7.02. The first-order valence-electron chi connectivity index (χ1n) is 7.02. The van der Waals surface area contributed by atoms with Crippen molar-refractivity contribution >= 4 is 5.91 Å². The van der Waals surface area contributed by atoms with Crippen molar-refractivity contribution in [3.63, 3.8) is 0 Å². The Labute approximate surface area is 104 Å². The molecule has 0 aromatic heterocycles. The molecule has 0 bridgehead atoms. The lowest BCUT2D eigenvalue weighted by Gasteiger charge is -2.26. The van der Waals surface area contributed by atoms with Crippen LogP contribution in [0.2, 0.25) is 0 Å². The highest BCUT2D eigenvalue weighted by molar-refractivity contribution is 5.81. The third kappa shape index (κ3) is 3.68. The van der Waals surface area contributed by atoms with Crippen LogP contribution in [0.5, 0.6) is 0 Å². The van der Waals surface area contributed by atoms with Crippen LogP contribution in [-0.4, -0.2) is 49.1 Å². The zero-order valence-electron chi connectivity index (χ0n) is 10.9. The second-order valence-corrected chi connectivity index (χ2v) is 5.34. The minimum atomic E-state index is 0.0505. The van der Waals surface area contributed by atoms with Crippen molar-refractivity contribution in [2.24, 2.45) is 0 Å². The van der Waals surface area contributed by atoms with Gasteiger partial charge in [0.2, 0.25) is 5.91 Å². The van der Waals surface area contributed by atoms with Crippen LogP contribution in [0.4, 0.5) is 0 Å². The third-order valence-electron chi connectivity index (χ3n) is 3.96. The van der Waals surface area contributed by atoms with Crippen LogP contribution in [-0.2, 0) is 4.79 Å². The number of hydrogen-bond donors (Lipinski definition) is 2. The molecule has 1 amide bonds. The monoisotopic (exact) mass is 239 g/mol. The van der Waals surface area contributed by atoms with E-state index >= 15 is 0 Å². The predicted octanol–water partition coefficient (Wildman–Crippen LogP) is 0.729. The molecule has 0 saturated carbocycles. The Hall–Kier alpha value is -0.610. The molecule has 2 N–H and O–H groups in total. The minimum absolute atomic E-state index is 0.0505. The molecule has 2 rings (SSSR count). The van der Waals surface area contributed by atoms with Crippen LogP contribution in [0, 0.1) is 0 Å². The molecule has 4 heteroatoms. The Bertz CT molecular complexity index is 245. The van der Waals surface area contributed by atoms with E-state index in [-0.39, 0.29) is 11.9 Å². The average Bonchev–Trinajstić information content (AvgIpc) is 2.90. The van der Waals surface area contributed by atoms with Gasteiger partial charge in [-0.2, -0.15) is 0 Å². The molecule has 0 aromatic rings.